The second kappa shape index (κ2) is 6.42. The van der Waals surface area contributed by atoms with Crippen molar-refractivity contribution in [3.8, 4) is 0 Å². The lowest BCUT2D eigenvalue weighted by Crippen LogP contribution is -2.30. The van der Waals surface area contributed by atoms with Crippen LogP contribution < -0.4 is 10.6 Å². The standard InChI is InChI=1S/C15H16BrClN2/c1-19(12-5-3-2-4-6-12)15(10-18)13-8-7-11(16)9-14(13)17/h2-9,15H,10,18H2,1H3. The Balaban J connectivity index is 2.34. The Hall–Kier alpha value is -1.03. The highest BCUT2D eigenvalue weighted by Gasteiger charge is 2.18. The fourth-order valence-corrected chi connectivity index (χ4v) is 2.91. The van der Waals surface area contributed by atoms with Gasteiger partial charge in [-0.05, 0) is 29.8 Å². The second-order valence-corrected chi connectivity index (χ2v) is 5.69. The van der Waals surface area contributed by atoms with E-state index in [0.717, 1.165) is 20.7 Å². The second-order valence-electron chi connectivity index (χ2n) is 4.36. The van der Waals surface area contributed by atoms with Crippen molar-refractivity contribution in [2.45, 2.75) is 6.04 Å². The summed E-state index contributed by atoms with van der Waals surface area (Å²) in [7, 11) is 2.03. The molecule has 4 heteroatoms. The Morgan fingerprint density at radius 1 is 1.21 bits per heavy atom. The van der Waals surface area contributed by atoms with Gasteiger partial charge in [-0.15, -0.1) is 0 Å². The Bertz CT molecular complexity index is 545. The Morgan fingerprint density at radius 2 is 1.89 bits per heavy atom. The van der Waals surface area contributed by atoms with E-state index in [4.69, 9.17) is 17.3 Å². The Kier molecular flexibility index (Phi) is 4.86. The first-order chi connectivity index (χ1) is 9.13. The summed E-state index contributed by atoms with van der Waals surface area (Å²) in [6.07, 6.45) is 0. The van der Waals surface area contributed by atoms with Gasteiger partial charge in [0.25, 0.3) is 0 Å². The molecule has 1 atom stereocenters. The summed E-state index contributed by atoms with van der Waals surface area (Å²) >= 11 is 9.74. The van der Waals surface area contributed by atoms with Crippen LogP contribution in [-0.2, 0) is 0 Å². The molecule has 2 N–H and O–H groups in total. The summed E-state index contributed by atoms with van der Waals surface area (Å²) in [4.78, 5) is 2.15. The van der Waals surface area contributed by atoms with Crippen molar-refractivity contribution < 1.29 is 0 Å². The monoisotopic (exact) mass is 338 g/mol. The third-order valence-corrected chi connectivity index (χ3v) is 4.00. The number of nitrogens with two attached hydrogens (primary N) is 1. The van der Waals surface area contributed by atoms with E-state index in [1.807, 2.05) is 43.4 Å². The molecule has 0 saturated heterocycles. The normalized spacial score (nSPS) is 12.2. The summed E-state index contributed by atoms with van der Waals surface area (Å²) in [5.41, 5.74) is 8.10. The zero-order valence-electron chi connectivity index (χ0n) is 10.7. The molecule has 0 bridgehead atoms. The van der Waals surface area contributed by atoms with Gasteiger partial charge in [0.05, 0.1) is 6.04 Å². The summed E-state index contributed by atoms with van der Waals surface area (Å²) in [6, 6.07) is 16.1. The maximum absolute atomic E-state index is 6.32. The van der Waals surface area contributed by atoms with Crippen LogP contribution in [0, 0.1) is 0 Å². The first-order valence-electron chi connectivity index (χ1n) is 6.06. The maximum atomic E-state index is 6.32. The van der Waals surface area contributed by atoms with Crippen LogP contribution in [0.2, 0.25) is 5.02 Å². The van der Waals surface area contributed by atoms with Gasteiger partial charge in [-0.25, -0.2) is 0 Å². The van der Waals surface area contributed by atoms with Gasteiger partial charge in [-0.2, -0.15) is 0 Å². The number of nitrogens with zero attached hydrogens (tertiary/aromatic N) is 1. The molecule has 2 nitrogen and oxygen atoms in total. The molecule has 0 radical (unpaired) electrons. The molecular formula is C15H16BrClN2. The van der Waals surface area contributed by atoms with Gasteiger partial charge < -0.3 is 10.6 Å². The number of hydrogen-bond donors (Lipinski definition) is 1. The lowest BCUT2D eigenvalue weighted by atomic mass is 10.0. The average Bonchev–Trinajstić information content (AvgIpc) is 2.42. The summed E-state index contributed by atoms with van der Waals surface area (Å²) in [5, 5.41) is 0.729. The zero-order chi connectivity index (χ0) is 13.8. The van der Waals surface area contributed by atoms with Gasteiger partial charge in [0.1, 0.15) is 0 Å². The molecule has 0 saturated carbocycles. The van der Waals surface area contributed by atoms with Crippen molar-refractivity contribution in [1.82, 2.24) is 0 Å². The molecule has 19 heavy (non-hydrogen) atoms. The molecule has 0 aliphatic heterocycles. The van der Waals surface area contributed by atoms with Crippen molar-refractivity contribution in [1.29, 1.82) is 0 Å². The minimum Gasteiger partial charge on any atom is -0.366 e. The van der Waals surface area contributed by atoms with E-state index in [9.17, 15) is 0 Å². The minimum absolute atomic E-state index is 0.0583. The first kappa shape index (κ1) is 14.4. The molecule has 0 amide bonds. The van der Waals surface area contributed by atoms with Crippen LogP contribution in [0.4, 0.5) is 5.69 Å². The predicted molar refractivity (Wildman–Crippen MR) is 85.8 cm³/mol. The zero-order valence-corrected chi connectivity index (χ0v) is 13.0. The van der Waals surface area contributed by atoms with E-state index in [1.165, 1.54) is 0 Å². The third-order valence-electron chi connectivity index (χ3n) is 3.18. The van der Waals surface area contributed by atoms with Gasteiger partial charge in [0, 0.05) is 28.8 Å². The van der Waals surface area contributed by atoms with Gasteiger partial charge in [0.2, 0.25) is 0 Å². The van der Waals surface area contributed by atoms with Crippen molar-refractivity contribution in [2.75, 3.05) is 18.5 Å². The van der Waals surface area contributed by atoms with Crippen LogP contribution in [0.5, 0.6) is 0 Å². The molecule has 1 unspecified atom stereocenters. The van der Waals surface area contributed by atoms with Crippen LogP contribution in [0.15, 0.2) is 53.0 Å². The van der Waals surface area contributed by atoms with Gasteiger partial charge >= 0.3 is 0 Å². The van der Waals surface area contributed by atoms with E-state index in [0.29, 0.717) is 6.54 Å². The average molecular weight is 340 g/mol. The summed E-state index contributed by atoms with van der Waals surface area (Å²) in [6.45, 7) is 0.507. The van der Waals surface area contributed by atoms with E-state index in [2.05, 4.69) is 33.0 Å². The Labute approximate surface area is 127 Å². The predicted octanol–water partition coefficient (Wildman–Crippen LogP) is 4.24. The maximum Gasteiger partial charge on any atom is 0.0676 e. The Morgan fingerprint density at radius 3 is 2.47 bits per heavy atom. The molecule has 2 aromatic rings. The van der Waals surface area contributed by atoms with Crippen LogP contribution >= 0.6 is 27.5 Å². The number of hydrogen-bond acceptors (Lipinski definition) is 2. The number of likely N-dealkylation sites (N-methyl/N-ethyl adjacent to an activating group) is 1. The molecule has 2 aromatic carbocycles. The van der Waals surface area contributed by atoms with E-state index in [1.54, 1.807) is 0 Å². The fraction of sp³-hybridized carbons (Fsp3) is 0.200. The van der Waals surface area contributed by atoms with Gasteiger partial charge in [0.15, 0.2) is 0 Å². The van der Waals surface area contributed by atoms with Crippen LogP contribution in [0.1, 0.15) is 11.6 Å². The van der Waals surface area contributed by atoms with E-state index < -0.39 is 0 Å². The molecule has 100 valence electrons. The van der Waals surface area contributed by atoms with E-state index >= 15 is 0 Å². The molecule has 0 fully saturated rings. The van der Waals surface area contributed by atoms with Gasteiger partial charge in [-0.1, -0.05) is 51.8 Å². The minimum atomic E-state index is 0.0583. The third kappa shape index (κ3) is 3.30. The summed E-state index contributed by atoms with van der Waals surface area (Å²) in [5.74, 6) is 0. The van der Waals surface area contributed by atoms with Crippen LogP contribution in [0.3, 0.4) is 0 Å². The highest BCUT2D eigenvalue weighted by molar-refractivity contribution is 9.10. The lowest BCUT2D eigenvalue weighted by molar-refractivity contribution is 0.681. The summed E-state index contributed by atoms with van der Waals surface area (Å²) < 4.78 is 0.972. The van der Waals surface area contributed by atoms with Crippen LogP contribution in [-0.4, -0.2) is 13.6 Å². The molecule has 0 spiro atoms. The molecule has 0 aromatic heterocycles. The molecule has 0 aliphatic rings. The van der Waals surface area contributed by atoms with Crippen LogP contribution in [0.25, 0.3) is 0 Å². The smallest absolute Gasteiger partial charge is 0.0676 e. The first-order valence-corrected chi connectivity index (χ1v) is 7.23. The number of para-hydroxylation sites is 1. The van der Waals surface area contributed by atoms with Gasteiger partial charge in [-0.3, -0.25) is 0 Å². The topological polar surface area (TPSA) is 29.3 Å². The quantitative estimate of drug-likeness (QED) is 0.903. The molecular weight excluding hydrogens is 324 g/mol. The highest BCUT2D eigenvalue weighted by Crippen LogP contribution is 2.31. The van der Waals surface area contributed by atoms with Crippen molar-refractivity contribution in [3.05, 3.63) is 63.6 Å². The van der Waals surface area contributed by atoms with Crippen molar-refractivity contribution in [2.24, 2.45) is 5.73 Å². The molecule has 0 heterocycles. The number of benzene rings is 2. The molecule has 0 aliphatic carbocycles. The number of rotatable bonds is 4. The van der Waals surface area contributed by atoms with E-state index in [-0.39, 0.29) is 6.04 Å². The fourth-order valence-electron chi connectivity index (χ4n) is 2.11. The molecule has 2 rings (SSSR count). The number of anilines is 1. The lowest BCUT2D eigenvalue weighted by Gasteiger charge is -2.30. The van der Waals surface area contributed by atoms with Crippen molar-refractivity contribution in [3.63, 3.8) is 0 Å². The SMILES string of the molecule is CN(c1ccccc1)C(CN)c1ccc(Br)cc1Cl. The highest BCUT2D eigenvalue weighted by atomic mass is 79.9. The van der Waals surface area contributed by atoms with Crippen molar-refractivity contribution >= 4 is 33.2 Å². The largest absolute Gasteiger partial charge is 0.366 e. The number of halogens is 2.